The fourth-order valence-corrected chi connectivity index (χ4v) is 5.24. The van der Waals surface area contributed by atoms with Crippen molar-refractivity contribution in [1.82, 2.24) is 5.32 Å². The van der Waals surface area contributed by atoms with Crippen LogP contribution in [0.1, 0.15) is 56.6 Å². The number of rotatable bonds is 7. The van der Waals surface area contributed by atoms with Crippen LogP contribution in [-0.4, -0.2) is 32.6 Å². The van der Waals surface area contributed by atoms with Crippen molar-refractivity contribution in [3.8, 4) is 11.5 Å². The maximum absolute atomic E-state index is 13.8. The van der Waals surface area contributed by atoms with E-state index >= 15 is 0 Å². The van der Waals surface area contributed by atoms with Crippen molar-refractivity contribution in [2.24, 2.45) is 5.92 Å². The van der Waals surface area contributed by atoms with E-state index in [1.54, 1.807) is 20.3 Å². The third-order valence-corrected chi connectivity index (χ3v) is 7.03. The Labute approximate surface area is 217 Å². The maximum Gasteiger partial charge on any atom is 0.336 e. The van der Waals surface area contributed by atoms with Crippen molar-refractivity contribution in [2.45, 2.75) is 45.4 Å². The Hall–Kier alpha value is -3.25. The number of benzene rings is 2. The van der Waals surface area contributed by atoms with E-state index in [0.29, 0.717) is 52.8 Å². The molecule has 1 aliphatic heterocycles. The standard InChI is InChI=1S/C29H32ClNO5/c1-16(2)15-36-29(33)26-17(3)31-22-12-19(18-10-11-24(34-4)25(14-18)35-5)13-23(32)28(22)27(26)20-8-6-7-9-21(20)30/h6-11,14,16,19,27,31H,12-13,15H2,1-5H3/t19-,27-/m0/s1. The van der Waals surface area contributed by atoms with E-state index in [-0.39, 0.29) is 17.6 Å². The summed E-state index contributed by atoms with van der Waals surface area (Å²) in [6.45, 7) is 6.12. The van der Waals surface area contributed by atoms with Crippen LogP contribution in [0, 0.1) is 5.92 Å². The Balaban J connectivity index is 1.76. The average molecular weight is 510 g/mol. The van der Waals surface area contributed by atoms with Gasteiger partial charge >= 0.3 is 5.97 Å². The molecule has 0 unspecified atom stereocenters. The molecule has 0 spiro atoms. The summed E-state index contributed by atoms with van der Waals surface area (Å²) >= 11 is 6.61. The number of halogens is 1. The zero-order valence-electron chi connectivity index (χ0n) is 21.3. The number of esters is 1. The van der Waals surface area contributed by atoms with Crippen molar-refractivity contribution < 1.29 is 23.8 Å². The molecular weight excluding hydrogens is 478 g/mol. The highest BCUT2D eigenvalue weighted by Crippen LogP contribution is 2.47. The molecule has 0 bridgehead atoms. The lowest BCUT2D eigenvalue weighted by molar-refractivity contribution is -0.140. The molecule has 7 heteroatoms. The van der Waals surface area contributed by atoms with Crippen molar-refractivity contribution in [1.29, 1.82) is 0 Å². The Morgan fingerprint density at radius 2 is 1.81 bits per heavy atom. The second-order valence-corrected chi connectivity index (χ2v) is 10.1. The molecular formula is C29H32ClNO5. The number of hydrogen-bond donors (Lipinski definition) is 1. The van der Waals surface area contributed by atoms with Crippen molar-refractivity contribution >= 4 is 23.4 Å². The zero-order valence-corrected chi connectivity index (χ0v) is 22.1. The minimum atomic E-state index is -0.589. The number of carbonyl (C=O) groups excluding carboxylic acids is 2. The Kier molecular flexibility index (Phi) is 7.74. The van der Waals surface area contributed by atoms with E-state index in [4.69, 9.17) is 25.8 Å². The molecule has 2 aromatic carbocycles. The minimum Gasteiger partial charge on any atom is -0.493 e. The van der Waals surface area contributed by atoms with Gasteiger partial charge < -0.3 is 19.5 Å². The molecule has 1 heterocycles. The highest BCUT2D eigenvalue weighted by atomic mass is 35.5. The molecule has 190 valence electrons. The van der Waals surface area contributed by atoms with Crippen LogP contribution in [0.15, 0.2) is 65.0 Å². The van der Waals surface area contributed by atoms with Crippen LogP contribution in [0.4, 0.5) is 0 Å². The summed E-state index contributed by atoms with van der Waals surface area (Å²) in [6, 6.07) is 13.1. The summed E-state index contributed by atoms with van der Waals surface area (Å²) in [5.74, 6) is 0.375. The summed E-state index contributed by atoms with van der Waals surface area (Å²) < 4.78 is 16.5. The molecule has 6 nitrogen and oxygen atoms in total. The van der Waals surface area contributed by atoms with Gasteiger partial charge in [0.1, 0.15) is 0 Å². The maximum atomic E-state index is 13.8. The van der Waals surface area contributed by atoms with Crippen LogP contribution in [0.3, 0.4) is 0 Å². The number of carbonyl (C=O) groups is 2. The molecule has 1 N–H and O–H groups in total. The largest absolute Gasteiger partial charge is 0.493 e. The highest BCUT2D eigenvalue weighted by molar-refractivity contribution is 6.31. The van der Waals surface area contributed by atoms with Crippen LogP contribution >= 0.6 is 11.6 Å². The van der Waals surface area contributed by atoms with Gasteiger partial charge in [-0.1, -0.05) is 49.7 Å². The molecule has 0 saturated carbocycles. The van der Waals surface area contributed by atoms with Crippen LogP contribution < -0.4 is 14.8 Å². The summed E-state index contributed by atoms with van der Waals surface area (Å²) in [5.41, 5.74) is 4.22. The Morgan fingerprint density at radius 3 is 2.47 bits per heavy atom. The number of allylic oxidation sites excluding steroid dienone is 3. The van der Waals surface area contributed by atoms with Gasteiger partial charge in [-0.3, -0.25) is 4.79 Å². The van der Waals surface area contributed by atoms with Crippen LogP contribution in [0.5, 0.6) is 11.5 Å². The zero-order chi connectivity index (χ0) is 26.0. The Bertz CT molecular complexity index is 1250. The fraction of sp³-hybridized carbons (Fsp3) is 0.379. The van der Waals surface area contributed by atoms with E-state index in [0.717, 1.165) is 16.8 Å². The van der Waals surface area contributed by atoms with Crippen molar-refractivity contribution in [2.75, 3.05) is 20.8 Å². The van der Waals surface area contributed by atoms with Crippen LogP contribution in [0.25, 0.3) is 0 Å². The summed E-state index contributed by atoms with van der Waals surface area (Å²) in [6.07, 6.45) is 0.924. The molecule has 0 amide bonds. The second kappa shape index (κ2) is 10.8. The first-order valence-electron chi connectivity index (χ1n) is 12.1. The molecule has 2 aromatic rings. The summed E-state index contributed by atoms with van der Waals surface area (Å²) in [7, 11) is 3.19. The molecule has 36 heavy (non-hydrogen) atoms. The third kappa shape index (κ3) is 5.00. The van der Waals surface area contributed by atoms with Gasteiger partial charge in [0.25, 0.3) is 0 Å². The van der Waals surface area contributed by atoms with Gasteiger partial charge in [-0.05, 0) is 54.5 Å². The SMILES string of the molecule is COc1ccc([C@@H]2CC(=O)C3=C(C2)NC(C)=C(C(=O)OCC(C)C)[C@@H]3c2ccccc2Cl)cc1OC. The highest BCUT2D eigenvalue weighted by Gasteiger charge is 2.42. The molecule has 2 atom stereocenters. The fourth-order valence-electron chi connectivity index (χ4n) is 4.99. The van der Waals surface area contributed by atoms with Crippen molar-refractivity contribution in [3.63, 3.8) is 0 Å². The average Bonchev–Trinajstić information content (AvgIpc) is 2.86. The third-order valence-electron chi connectivity index (χ3n) is 6.69. The lowest BCUT2D eigenvalue weighted by Gasteiger charge is -2.37. The number of ketones is 1. The van der Waals surface area contributed by atoms with Gasteiger partial charge in [-0.25, -0.2) is 4.79 Å². The number of methoxy groups -OCH3 is 2. The van der Waals surface area contributed by atoms with E-state index in [1.807, 2.05) is 57.2 Å². The first-order chi connectivity index (χ1) is 17.2. The molecule has 4 rings (SSSR count). The van der Waals surface area contributed by atoms with Gasteiger partial charge in [-0.15, -0.1) is 0 Å². The van der Waals surface area contributed by atoms with Gasteiger partial charge in [0.15, 0.2) is 17.3 Å². The van der Waals surface area contributed by atoms with E-state index in [2.05, 4.69) is 5.32 Å². The summed E-state index contributed by atoms with van der Waals surface area (Å²) in [5, 5.41) is 3.88. The predicted octanol–water partition coefficient (Wildman–Crippen LogP) is 5.92. The minimum absolute atomic E-state index is 0.0184. The second-order valence-electron chi connectivity index (χ2n) is 9.65. The number of Topliss-reactive ketones (excluding diaryl/α,β-unsaturated/α-hetero) is 1. The van der Waals surface area contributed by atoms with Gasteiger partial charge in [0, 0.05) is 34.3 Å². The molecule has 0 fully saturated rings. The first kappa shape index (κ1) is 25.8. The lowest BCUT2D eigenvalue weighted by atomic mass is 9.71. The smallest absolute Gasteiger partial charge is 0.336 e. The molecule has 0 aromatic heterocycles. The van der Waals surface area contributed by atoms with Crippen molar-refractivity contribution in [3.05, 3.63) is 81.2 Å². The number of hydrogen-bond acceptors (Lipinski definition) is 6. The topological polar surface area (TPSA) is 73.9 Å². The predicted molar refractivity (Wildman–Crippen MR) is 139 cm³/mol. The summed E-state index contributed by atoms with van der Waals surface area (Å²) in [4.78, 5) is 27.0. The number of ether oxygens (including phenoxy) is 3. The molecule has 0 saturated heterocycles. The lowest BCUT2D eigenvalue weighted by Crippen LogP contribution is -2.36. The normalized spacial score (nSPS) is 19.7. The molecule has 1 aliphatic carbocycles. The van der Waals surface area contributed by atoms with E-state index < -0.39 is 11.9 Å². The van der Waals surface area contributed by atoms with Crippen LogP contribution in [0.2, 0.25) is 5.02 Å². The number of nitrogens with one attached hydrogen (secondary N) is 1. The number of dihydropyridines is 1. The first-order valence-corrected chi connectivity index (χ1v) is 12.5. The Morgan fingerprint density at radius 1 is 1.08 bits per heavy atom. The van der Waals surface area contributed by atoms with Gasteiger partial charge in [-0.2, -0.15) is 0 Å². The molecule has 0 radical (unpaired) electrons. The van der Waals surface area contributed by atoms with E-state index in [9.17, 15) is 9.59 Å². The molecule has 2 aliphatic rings. The van der Waals surface area contributed by atoms with E-state index in [1.165, 1.54) is 0 Å². The monoisotopic (exact) mass is 509 g/mol. The van der Waals surface area contributed by atoms with Crippen LogP contribution in [-0.2, 0) is 14.3 Å². The van der Waals surface area contributed by atoms with Gasteiger partial charge in [0.05, 0.1) is 26.4 Å². The van der Waals surface area contributed by atoms with Gasteiger partial charge in [0.2, 0.25) is 0 Å². The quantitative estimate of drug-likeness (QED) is 0.467.